The van der Waals surface area contributed by atoms with E-state index in [4.69, 9.17) is 14.5 Å². The molecule has 5 nitrogen and oxygen atoms in total. The summed E-state index contributed by atoms with van der Waals surface area (Å²) in [6, 6.07) is 4.14. The number of nitrogens with zero attached hydrogens (tertiary/aromatic N) is 2. The molecule has 0 amide bonds. The summed E-state index contributed by atoms with van der Waals surface area (Å²) in [7, 11) is 3.71. The largest absolute Gasteiger partial charge is 0.493 e. The van der Waals surface area contributed by atoms with Gasteiger partial charge in [0.25, 0.3) is 0 Å². The second kappa shape index (κ2) is 8.34. The Bertz CT molecular complexity index is 800. The Balaban J connectivity index is 1.57. The quantitative estimate of drug-likeness (QED) is 0.747. The van der Waals surface area contributed by atoms with E-state index in [1.165, 1.54) is 55.7 Å². The van der Waals surface area contributed by atoms with Crippen molar-refractivity contribution in [2.45, 2.75) is 44.9 Å². The van der Waals surface area contributed by atoms with Gasteiger partial charge in [-0.25, -0.2) is 0 Å². The van der Waals surface area contributed by atoms with E-state index in [0.717, 1.165) is 48.2 Å². The average Bonchev–Trinajstić information content (AvgIpc) is 3.22. The third-order valence-corrected chi connectivity index (χ3v) is 5.87. The second-order valence-corrected chi connectivity index (χ2v) is 7.64. The zero-order chi connectivity index (χ0) is 18.6. The number of hydrogen-bond donors (Lipinski definition) is 1. The lowest BCUT2D eigenvalue weighted by atomic mass is 9.92. The molecule has 2 aromatic rings. The summed E-state index contributed by atoms with van der Waals surface area (Å²) in [6.07, 6.45) is 8.35. The van der Waals surface area contributed by atoms with Gasteiger partial charge in [0.2, 0.25) is 0 Å². The standard InChI is InChI=1S/C22H31N3O2/c1-23-22-16-8-3-4-9-18(16)24-19-15-21(20(26-2)14-17(19)22)27-13-7-12-25-10-5-6-11-25/h14-15H,3-13H2,1-2H3,(H,23,24). The Kier molecular flexibility index (Phi) is 5.67. The highest BCUT2D eigenvalue weighted by Gasteiger charge is 2.19. The number of hydrogen-bond acceptors (Lipinski definition) is 5. The lowest BCUT2D eigenvalue weighted by Crippen LogP contribution is -2.21. The van der Waals surface area contributed by atoms with Crippen LogP contribution in [0.4, 0.5) is 5.69 Å². The van der Waals surface area contributed by atoms with Gasteiger partial charge in [-0.2, -0.15) is 0 Å². The van der Waals surface area contributed by atoms with Crippen LogP contribution in [0.3, 0.4) is 0 Å². The summed E-state index contributed by atoms with van der Waals surface area (Å²) in [5, 5.41) is 4.53. The fourth-order valence-corrected chi connectivity index (χ4v) is 4.47. The van der Waals surface area contributed by atoms with Crippen LogP contribution < -0.4 is 14.8 Å². The van der Waals surface area contributed by atoms with Crippen LogP contribution in [0, 0.1) is 0 Å². The Morgan fingerprint density at radius 1 is 1.07 bits per heavy atom. The average molecular weight is 370 g/mol. The smallest absolute Gasteiger partial charge is 0.163 e. The highest BCUT2D eigenvalue weighted by molar-refractivity contribution is 5.95. The topological polar surface area (TPSA) is 46.6 Å². The predicted molar refractivity (Wildman–Crippen MR) is 110 cm³/mol. The van der Waals surface area contributed by atoms with Crippen molar-refractivity contribution < 1.29 is 9.47 Å². The molecule has 0 radical (unpaired) electrons. The van der Waals surface area contributed by atoms with Gasteiger partial charge in [0.05, 0.1) is 19.2 Å². The van der Waals surface area contributed by atoms with Gasteiger partial charge in [0, 0.05) is 36.4 Å². The number of rotatable bonds is 7. The first-order valence-corrected chi connectivity index (χ1v) is 10.4. The number of nitrogens with one attached hydrogen (secondary N) is 1. The highest BCUT2D eigenvalue weighted by Crippen LogP contribution is 2.39. The molecule has 0 atom stereocenters. The van der Waals surface area contributed by atoms with Gasteiger partial charge in [0.1, 0.15) is 0 Å². The predicted octanol–water partition coefficient (Wildman–Crippen LogP) is 4.03. The van der Waals surface area contributed by atoms with Crippen molar-refractivity contribution in [3.05, 3.63) is 23.4 Å². The Hall–Kier alpha value is -2.01. The fraction of sp³-hybridized carbons (Fsp3) is 0.591. The Morgan fingerprint density at radius 2 is 1.89 bits per heavy atom. The molecule has 0 unspecified atom stereocenters. The number of methoxy groups -OCH3 is 1. The van der Waals surface area contributed by atoms with Gasteiger partial charge in [0.15, 0.2) is 11.5 Å². The molecule has 146 valence electrons. The maximum atomic E-state index is 6.10. The molecule has 0 bridgehead atoms. The molecule has 2 heterocycles. The van der Waals surface area contributed by atoms with E-state index < -0.39 is 0 Å². The minimum Gasteiger partial charge on any atom is -0.493 e. The zero-order valence-electron chi connectivity index (χ0n) is 16.6. The maximum absolute atomic E-state index is 6.10. The van der Waals surface area contributed by atoms with Gasteiger partial charge in [-0.15, -0.1) is 0 Å². The van der Waals surface area contributed by atoms with Crippen molar-refractivity contribution in [1.29, 1.82) is 0 Å². The number of fused-ring (bicyclic) bond motifs is 2. The first kappa shape index (κ1) is 18.4. The van der Waals surface area contributed by atoms with E-state index in [-0.39, 0.29) is 0 Å². The second-order valence-electron chi connectivity index (χ2n) is 7.64. The molecule has 0 saturated carbocycles. The van der Waals surface area contributed by atoms with Crippen LogP contribution in [0.1, 0.15) is 43.4 Å². The molecule has 1 aliphatic heterocycles. The fourth-order valence-electron chi connectivity index (χ4n) is 4.47. The number of ether oxygens (including phenoxy) is 2. The SMILES string of the molecule is CNc1c2c(nc3cc(OCCCN4CCCC4)c(OC)cc13)CCCC2. The molecular formula is C22H31N3O2. The minimum atomic E-state index is 0.711. The van der Waals surface area contributed by atoms with E-state index in [2.05, 4.69) is 22.3 Å². The van der Waals surface area contributed by atoms with Crippen molar-refractivity contribution in [2.24, 2.45) is 0 Å². The number of aromatic nitrogens is 1. The van der Waals surface area contributed by atoms with Crippen LogP contribution >= 0.6 is 0 Å². The monoisotopic (exact) mass is 369 g/mol. The number of aryl methyl sites for hydroxylation is 1. The molecule has 1 aromatic carbocycles. The van der Waals surface area contributed by atoms with Crippen LogP contribution in [-0.2, 0) is 12.8 Å². The molecule has 2 aliphatic rings. The first-order valence-electron chi connectivity index (χ1n) is 10.4. The van der Waals surface area contributed by atoms with Crippen LogP contribution in [0.15, 0.2) is 12.1 Å². The molecular weight excluding hydrogens is 338 g/mol. The van der Waals surface area contributed by atoms with E-state index in [0.29, 0.717) is 6.61 Å². The lowest BCUT2D eigenvalue weighted by Gasteiger charge is -2.21. The summed E-state index contributed by atoms with van der Waals surface area (Å²) in [5.74, 6) is 1.59. The number of pyridine rings is 1. The minimum absolute atomic E-state index is 0.711. The van der Waals surface area contributed by atoms with Crippen LogP contribution in [-0.4, -0.2) is 50.3 Å². The van der Waals surface area contributed by atoms with Crippen LogP contribution in [0.2, 0.25) is 0 Å². The molecule has 0 spiro atoms. The van der Waals surface area contributed by atoms with E-state index >= 15 is 0 Å². The molecule has 4 rings (SSSR count). The molecule has 1 fully saturated rings. The molecule has 1 saturated heterocycles. The summed E-state index contributed by atoms with van der Waals surface area (Å²) >= 11 is 0. The summed E-state index contributed by atoms with van der Waals surface area (Å²) in [5.41, 5.74) is 4.81. The molecule has 5 heteroatoms. The summed E-state index contributed by atoms with van der Waals surface area (Å²) in [4.78, 5) is 7.49. The number of benzene rings is 1. The van der Waals surface area contributed by atoms with Gasteiger partial charge in [-0.05, 0) is 69.7 Å². The molecule has 1 N–H and O–H groups in total. The highest BCUT2D eigenvalue weighted by atomic mass is 16.5. The van der Waals surface area contributed by atoms with Crippen molar-refractivity contribution in [1.82, 2.24) is 9.88 Å². The lowest BCUT2D eigenvalue weighted by molar-refractivity contribution is 0.254. The zero-order valence-corrected chi connectivity index (χ0v) is 16.6. The van der Waals surface area contributed by atoms with Gasteiger partial charge in [-0.3, -0.25) is 4.98 Å². The van der Waals surface area contributed by atoms with E-state index in [9.17, 15) is 0 Å². The van der Waals surface area contributed by atoms with Crippen LogP contribution in [0.5, 0.6) is 11.5 Å². The third-order valence-electron chi connectivity index (χ3n) is 5.87. The van der Waals surface area contributed by atoms with Gasteiger partial charge in [-0.1, -0.05) is 0 Å². The summed E-state index contributed by atoms with van der Waals surface area (Å²) in [6.45, 7) is 4.30. The van der Waals surface area contributed by atoms with Crippen molar-refractivity contribution >= 4 is 16.6 Å². The number of anilines is 1. The van der Waals surface area contributed by atoms with Crippen LogP contribution in [0.25, 0.3) is 10.9 Å². The maximum Gasteiger partial charge on any atom is 0.163 e. The molecule has 1 aliphatic carbocycles. The van der Waals surface area contributed by atoms with Crippen molar-refractivity contribution in [2.75, 3.05) is 45.7 Å². The van der Waals surface area contributed by atoms with Gasteiger partial charge < -0.3 is 19.7 Å². The molecule has 27 heavy (non-hydrogen) atoms. The van der Waals surface area contributed by atoms with Gasteiger partial charge >= 0.3 is 0 Å². The van der Waals surface area contributed by atoms with E-state index in [1.54, 1.807) is 7.11 Å². The van der Waals surface area contributed by atoms with Crippen molar-refractivity contribution in [3.63, 3.8) is 0 Å². The van der Waals surface area contributed by atoms with E-state index in [1.807, 2.05) is 7.05 Å². The Morgan fingerprint density at radius 3 is 2.67 bits per heavy atom. The third kappa shape index (κ3) is 3.84. The molecule has 1 aromatic heterocycles. The Labute approximate surface area is 162 Å². The number of likely N-dealkylation sites (tertiary alicyclic amines) is 1. The first-order chi connectivity index (χ1) is 13.3. The van der Waals surface area contributed by atoms with Crippen molar-refractivity contribution in [3.8, 4) is 11.5 Å². The normalized spacial score (nSPS) is 17.1. The summed E-state index contributed by atoms with van der Waals surface area (Å²) < 4.78 is 11.7.